The molecule has 0 aliphatic carbocycles. The highest BCUT2D eigenvalue weighted by Crippen LogP contribution is 2.40. The molecule has 0 bridgehead atoms. The minimum atomic E-state index is -0.453. The highest BCUT2D eigenvalue weighted by molar-refractivity contribution is 5.50. The maximum Gasteiger partial charge on any atom is 0.121 e. The lowest BCUT2D eigenvalue weighted by molar-refractivity contribution is 0.514. The Balaban J connectivity index is 0.00000102. The second-order valence-corrected chi connectivity index (χ2v) is 6.23. The van der Waals surface area contributed by atoms with Crippen LogP contribution in [0.25, 0.3) is 0 Å². The van der Waals surface area contributed by atoms with E-state index in [2.05, 4.69) is 107 Å². The first-order valence-corrected chi connectivity index (χ1v) is 9.49. The summed E-state index contributed by atoms with van der Waals surface area (Å²) in [6, 6.07) is 31.9. The minimum absolute atomic E-state index is 0.453. The first-order chi connectivity index (χ1) is 13.3. The summed E-state index contributed by atoms with van der Waals surface area (Å²) >= 11 is 0. The van der Waals surface area contributed by atoms with Crippen LogP contribution in [-0.4, -0.2) is 9.55 Å². The fourth-order valence-corrected chi connectivity index (χ4v) is 3.59. The number of aromatic nitrogens is 2. The summed E-state index contributed by atoms with van der Waals surface area (Å²) in [4.78, 5) is 4.52. The molecule has 0 amide bonds. The van der Waals surface area contributed by atoms with Crippen molar-refractivity contribution < 1.29 is 0 Å². The number of rotatable bonds is 4. The highest BCUT2D eigenvalue weighted by Gasteiger charge is 2.38. The summed E-state index contributed by atoms with van der Waals surface area (Å²) in [7, 11) is 0. The quantitative estimate of drug-likeness (QED) is 0.407. The van der Waals surface area contributed by atoms with E-state index in [1.54, 1.807) is 0 Å². The normalized spacial score (nSPS) is 10.8. The van der Waals surface area contributed by atoms with Gasteiger partial charge in [-0.3, -0.25) is 0 Å². The third-order valence-corrected chi connectivity index (χ3v) is 4.67. The van der Waals surface area contributed by atoms with Crippen LogP contribution < -0.4 is 0 Å². The Bertz CT molecular complexity index is 845. The molecule has 0 atom stereocenters. The molecule has 0 spiro atoms. The van der Waals surface area contributed by atoms with Crippen LogP contribution in [0.2, 0.25) is 0 Å². The predicted molar refractivity (Wildman–Crippen MR) is 113 cm³/mol. The molecule has 0 fully saturated rings. The lowest BCUT2D eigenvalue weighted by Gasteiger charge is -2.37. The van der Waals surface area contributed by atoms with Crippen molar-refractivity contribution in [2.45, 2.75) is 26.3 Å². The molecule has 0 unspecified atom stereocenters. The van der Waals surface area contributed by atoms with Crippen LogP contribution in [-0.2, 0) is 5.54 Å². The van der Waals surface area contributed by atoms with E-state index in [-0.39, 0.29) is 0 Å². The Kier molecular flexibility index (Phi) is 5.87. The van der Waals surface area contributed by atoms with Crippen LogP contribution in [0.5, 0.6) is 0 Å². The molecule has 1 aromatic heterocycles. The van der Waals surface area contributed by atoms with Gasteiger partial charge in [0.05, 0.1) is 12.0 Å². The van der Waals surface area contributed by atoms with Gasteiger partial charge < -0.3 is 4.57 Å². The standard InChI is InChI=1S/C23H20N2.C2H6/c1-19-17-25(18-24-19)23(20-11-5-2-6-12-20,21-13-7-3-8-14-21)22-15-9-4-10-16-22;1-2/h2-18H,1H3;1-2H3. The summed E-state index contributed by atoms with van der Waals surface area (Å²) in [6.45, 7) is 6.03. The van der Waals surface area contributed by atoms with Crippen LogP contribution >= 0.6 is 0 Å². The van der Waals surface area contributed by atoms with Gasteiger partial charge in [0, 0.05) is 6.20 Å². The lowest BCUT2D eigenvalue weighted by atomic mass is 9.77. The molecule has 136 valence electrons. The van der Waals surface area contributed by atoms with E-state index in [9.17, 15) is 0 Å². The van der Waals surface area contributed by atoms with Gasteiger partial charge in [0.2, 0.25) is 0 Å². The summed E-state index contributed by atoms with van der Waals surface area (Å²) in [5.74, 6) is 0. The van der Waals surface area contributed by atoms with Crippen molar-refractivity contribution in [1.29, 1.82) is 0 Å². The van der Waals surface area contributed by atoms with E-state index in [4.69, 9.17) is 0 Å². The van der Waals surface area contributed by atoms with E-state index in [0.29, 0.717) is 0 Å². The second-order valence-electron chi connectivity index (χ2n) is 6.23. The van der Waals surface area contributed by atoms with Gasteiger partial charge in [0.1, 0.15) is 5.54 Å². The van der Waals surface area contributed by atoms with Gasteiger partial charge in [-0.1, -0.05) is 105 Å². The topological polar surface area (TPSA) is 17.8 Å². The Morgan fingerprint density at radius 2 is 1.00 bits per heavy atom. The molecule has 27 heavy (non-hydrogen) atoms. The summed E-state index contributed by atoms with van der Waals surface area (Å²) in [6.07, 6.45) is 4.05. The van der Waals surface area contributed by atoms with Crippen LogP contribution in [0.3, 0.4) is 0 Å². The SMILES string of the molecule is CC.Cc1cn(C(c2ccccc2)(c2ccccc2)c2ccccc2)cn1. The van der Waals surface area contributed by atoms with E-state index in [1.165, 1.54) is 16.7 Å². The molecule has 0 saturated carbocycles. The molecular formula is C25H26N2. The number of benzene rings is 3. The number of hydrogen-bond donors (Lipinski definition) is 0. The molecule has 4 rings (SSSR count). The van der Waals surface area contributed by atoms with Gasteiger partial charge in [-0.05, 0) is 23.6 Å². The predicted octanol–water partition coefficient (Wildman–Crippen LogP) is 6.06. The van der Waals surface area contributed by atoms with Gasteiger partial charge in [-0.2, -0.15) is 0 Å². The average Bonchev–Trinajstić information content (AvgIpc) is 3.19. The summed E-state index contributed by atoms with van der Waals surface area (Å²) in [5.41, 5.74) is 4.19. The van der Waals surface area contributed by atoms with Crippen LogP contribution in [0.15, 0.2) is 104 Å². The zero-order chi connectivity index (χ0) is 19.1. The summed E-state index contributed by atoms with van der Waals surface area (Å²) in [5, 5.41) is 0. The number of imidazole rings is 1. The molecule has 0 saturated heterocycles. The van der Waals surface area contributed by atoms with Gasteiger partial charge >= 0.3 is 0 Å². The Morgan fingerprint density at radius 1 is 0.630 bits per heavy atom. The fraction of sp³-hybridized carbons (Fsp3) is 0.160. The number of nitrogens with zero attached hydrogens (tertiary/aromatic N) is 2. The van der Waals surface area contributed by atoms with Crippen molar-refractivity contribution in [1.82, 2.24) is 9.55 Å². The molecule has 4 aromatic rings. The maximum atomic E-state index is 4.52. The molecule has 0 aliphatic heterocycles. The minimum Gasteiger partial charge on any atom is -0.319 e. The number of hydrogen-bond acceptors (Lipinski definition) is 1. The van der Waals surface area contributed by atoms with Crippen LogP contribution in [0.4, 0.5) is 0 Å². The Labute approximate surface area is 162 Å². The summed E-state index contributed by atoms with van der Waals surface area (Å²) < 4.78 is 2.22. The van der Waals surface area contributed by atoms with E-state index in [0.717, 1.165) is 5.69 Å². The van der Waals surface area contributed by atoms with E-state index >= 15 is 0 Å². The van der Waals surface area contributed by atoms with Crippen molar-refractivity contribution in [2.24, 2.45) is 0 Å². The molecular weight excluding hydrogens is 328 g/mol. The smallest absolute Gasteiger partial charge is 0.121 e. The van der Waals surface area contributed by atoms with Gasteiger partial charge in [-0.25, -0.2) is 4.98 Å². The van der Waals surface area contributed by atoms with Crippen molar-refractivity contribution in [2.75, 3.05) is 0 Å². The third kappa shape index (κ3) is 3.43. The molecule has 0 aliphatic rings. The van der Waals surface area contributed by atoms with Gasteiger partial charge in [0.25, 0.3) is 0 Å². The van der Waals surface area contributed by atoms with Crippen molar-refractivity contribution in [3.8, 4) is 0 Å². The number of aryl methyl sites for hydroxylation is 1. The first kappa shape index (κ1) is 18.7. The Morgan fingerprint density at radius 3 is 1.30 bits per heavy atom. The zero-order valence-electron chi connectivity index (χ0n) is 16.2. The van der Waals surface area contributed by atoms with Crippen molar-refractivity contribution in [3.05, 3.63) is 126 Å². The first-order valence-electron chi connectivity index (χ1n) is 9.49. The van der Waals surface area contributed by atoms with Crippen LogP contribution in [0.1, 0.15) is 36.2 Å². The zero-order valence-corrected chi connectivity index (χ0v) is 16.2. The van der Waals surface area contributed by atoms with E-state index < -0.39 is 5.54 Å². The molecule has 3 aromatic carbocycles. The maximum absolute atomic E-state index is 4.52. The lowest BCUT2D eigenvalue weighted by Crippen LogP contribution is -2.36. The van der Waals surface area contributed by atoms with Gasteiger partial charge in [-0.15, -0.1) is 0 Å². The molecule has 2 nitrogen and oxygen atoms in total. The second kappa shape index (κ2) is 8.50. The molecule has 2 heteroatoms. The average molecular weight is 354 g/mol. The highest BCUT2D eigenvalue weighted by atomic mass is 15.1. The van der Waals surface area contributed by atoms with Crippen molar-refractivity contribution >= 4 is 0 Å². The monoisotopic (exact) mass is 354 g/mol. The van der Waals surface area contributed by atoms with Gasteiger partial charge in [0.15, 0.2) is 0 Å². The van der Waals surface area contributed by atoms with Crippen LogP contribution in [0, 0.1) is 6.92 Å². The molecule has 0 radical (unpaired) electrons. The van der Waals surface area contributed by atoms with Crippen molar-refractivity contribution in [3.63, 3.8) is 0 Å². The fourth-order valence-electron chi connectivity index (χ4n) is 3.59. The molecule has 1 heterocycles. The van der Waals surface area contributed by atoms with E-state index in [1.807, 2.05) is 27.1 Å². The Hall–Kier alpha value is -3.13. The third-order valence-electron chi connectivity index (χ3n) is 4.67. The molecule has 0 N–H and O–H groups in total. The largest absolute Gasteiger partial charge is 0.319 e.